The number of nitrogens with zero attached hydrogens (tertiary/aromatic N) is 1. The molecule has 1 N–H and O–H groups in total. The SMILES string of the molecule is CCN(Cc1ccccc1)Cc1c(O)ccc2c(-c3cc4ccccc4oc3=O)cc(=O)oc12. The molecule has 0 atom stereocenters. The monoisotopic (exact) mass is 453 g/mol. The number of hydrogen-bond donors (Lipinski definition) is 1. The molecule has 0 aliphatic heterocycles. The fraction of sp³-hybridized carbons (Fsp3) is 0.143. The van der Waals surface area contributed by atoms with Crippen molar-refractivity contribution in [1.29, 1.82) is 0 Å². The van der Waals surface area contributed by atoms with Gasteiger partial charge in [-0.2, -0.15) is 0 Å². The van der Waals surface area contributed by atoms with E-state index >= 15 is 0 Å². The minimum Gasteiger partial charge on any atom is -0.507 e. The largest absolute Gasteiger partial charge is 0.507 e. The number of phenols is 1. The van der Waals surface area contributed by atoms with Crippen molar-refractivity contribution < 1.29 is 13.9 Å². The number of phenolic OH excluding ortho intramolecular Hbond substituents is 1. The molecule has 0 fully saturated rings. The van der Waals surface area contributed by atoms with Crippen LogP contribution in [-0.2, 0) is 13.1 Å². The Morgan fingerprint density at radius 3 is 2.38 bits per heavy atom. The van der Waals surface area contributed by atoms with E-state index in [9.17, 15) is 14.7 Å². The highest BCUT2D eigenvalue weighted by molar-refractivity contribution is 5.97. The molecule has 0 aliphatic rings. The molecule has 0 aliphatic carbocycles. The van der Waals surface area contributed by atoms with E-state index in [1.807, 2.05) is 49.4 Å². The predicted molar refractivity (Wildman–Crippen MR) is 132 cm³/mol. The van der Waals surface area contributed by atoms with E-state index in [2.05, 4.69) is 4.90 Å². The average Bonchev–Trinajstić information content (AvgIpc) is 2.85. The van der Waals surface area contributed by atoms with Crippen LogP contribution < -0.4 is 11.3 Å². The predicted octanol–water partition coefficient (Wildman–Crippen LogP) is 5.29. The number of rotatable bonds is 6. The summed E-state index contributed by atoms with van der Waals surface area (Å²) < 4.78 is 11.1. The van der Waals surface area contributed by atoms with Crippen LogP contribution in [0.15, 0.2) is 97.3 Å². The van der Waals surface area contributed by atoms with Gasteiger partial charge >= 0.3 is 11.3 Å². The Hall–Kier alpha value is -4.16. The third-order valence-corrected chi connectivity index (χ3v) is 6.00. The second-order valence-electron chi connectivity index (χ2n) is 8.19. The molecule has 0 saturated carbocycles. The average molecular weight is 453 g/mol. The van der Waals surface area contributed by atoms with Gasteiger partial charge in [-0.25, -0.2) is 9.59 Å². The van der Waals surface area contributed by atoms with Crippen LogP contribution in [-0.4, -0.2) is 16.6 Å². The van der Waals surface area contributed by atoms with Gasteiger partial charge in [0, 0.05) is 35.5 Å². The number of benzene rings is 3. The maximum Gasteiger partial charge on any atom is 0.344 e. The number of aromatic hydroxyl groups is 1. The van der Waals surface area contributed by atoms with Crippen molar-refractivity contribution >= 4 is 21.9 Å². The standard InChI is InChI=1S/C28H23NO5/c1-2-29(16-18-8-4-3-5-9-18)17-23-24(30)13-12-20-21(15-26(31)34-27(20)23)22-14-19-10-6-7-11-25(19)33-28(22)32/h3-15,30H,2,16-17H2,1H3. The molecule has 3 aromatic carbocycles. The molecule has 5 aromatic rings. The highest BCUT2D eigenvalue weighted by Crippen LogP contribution is 2.34. The summed E-state index contributed by atoms with van der Waals surface area (Å²) in [5, 5.41) is 12.0. The molecule has 170 valence electrons. The number of fused-ring (bicyclic) bond motifs is 2. The second-order valence-corrected chi connectivity index (χ2v) is 8.19. The maximum atomic E-state index is 12.8. The summed E-state index contributed by atoms with van der Waals surface area (Å²) >= 11 is 0. The smallest absolute Gasteiger partial charge is 0.344 e. The fourth-order valence-electron chi connectivity index (χ4n) is 4.24. The fourth-order valence-corrected chi connectivity index (χ4v) is 4.24. The lowest BCUT2D eigenvalue weighted by Crippen LogP contribution is -2.22. The Labute approximate surface area is 195 Å². The first-order chi connectivity index (χ1) is 16.5. The normalized spacial score (nSPS) is 11.5. The quantitative estimate of drug-likeness (QED) is 0.352. The molecule has 2 heterocycles. The minimum absolute atomic E-state index is 0.0323. The minimum atomic E-state index is -0.604. The molecule has 34 heavy (non-hydrogen) atoms. The summed E-state index contributed by atoms with van der Waals surface area (Å²) in [6.07, 6.45) is 0. The van der Waals surface area contributed by atoms with E-state index in [-0.39, 0.29) is 16.9 Å². The van der Waals surface area contributed by atoms with Crippen molar-refractivity contribution in [1.82, 2.24) is 4.90 Å². The van der Waals surface area contributed by atoms with Crippen molar-refractivity contribution in [2.45, 2.75) is 20.0 Å². The zero-order valence-corrected chi connectivity index (χ0v) is 18.7. The van der Waals surface area contributed by atoms with E-state index in [0.29, 0.717) is 35.2 Å². The zero-order valence-electron chi connectivity index (χ0n) is 18.7. The lowest BCUT2D eigenvalue weighted by Gasteiger charge is -2.22. The third-order valence-electron chi connectivity index (χ3n) is 6.00. The lowest BCUT2D eigenvalue weighted by atomic mass is 9.99. The molecule has 6 heteroatoms. The van der Waals surface area contributed by atoms with Gasteiger partial charge < -0.3 is 13.9 Å². The van der Waals surface area contributed by atoms with Crippen molar-refractivity contribution in [3.05, 3.63) is 111 Å². The summed E-state index contributed by atoms with van der Waals surface area (Å²) in [5.74, 6) is 0.0323. The van der Waals surface area contributed by atoms with Gasteiger partial charge in [0.25, 0.3) is 0 Å². The highest BCUT2D eigenvalue weighted by atomic mass is 16.4. The number of para-hydroxylation sites is 1. The molecular formula is C28H23NO5. The lowest BCUT2D eigenvalue weighted by molar-refractivity contribution is 0.267. The molecule has 0 unspecified atom stereocenters. The molecule has 0 amide bonds. The van der Waals surface area contributed by atoms with Gasteiger partial charge in [-0.05, 0) is 36.4 Å². The number of hydrogen-bond acceptors (Lipinski definition) is 6. The van der Waals surface area contributed by atoms with Gasteiger partial charge in [-0.15, -0.1) is 0 Å². The van der Waals surface area contributed by atoms with Gasteiger partial charge in [-0.1, -0.05) is 55.5 Å². The Bertz CT molecular complexity index is 1600. The molecule has 0 radical (unpaired) electrons. The van der Waals surface area contributed by atoms with E-state index in [1.54, 1.807) is 30.3 Å². The van der Waals surface area contributed by atoms with Crippen molar-refractivity contribution in [3.8, 4) is 16.9 Å². The Morgan fingerprint density at radius 2 is 1.59 bits per heavy atom. The van der Waals surface area contributed by atoms with Gasteiger partial charge in [0.1, 0.15) is 16.9 Å². The van der Waals surface area contributed by atoms with Crippen molar-refractivity contribution in [2.24, 2.45) is 0 Å². The summed E-state index contributed by atoms with van der Waals surface area (Å²) in [6, 6.07) is 23.5. The van der Waals surface area contributed by atoms with Crippen LogP contribution >= 0.6 is 0 Å². The Kier molecular flexibility index (Phi) is 5.74. The first-order valence-electron chi connectivity index (χ1n) is 11.1. The van der Waals surface area contributed by atoms with E-state index < -0.39 is 11.3 Å². The maximum absolute atomic E-state index is 12.8. The molecule has 0 saturated heterocycles. The molecular weight excluding hydrogens is 430 g/mol. The van der Waals surface area contributed by atoms with Crippen LogP contribution in [0.2, 0.25) is 0 Å². The van der Waals surface area contributed by atoms with Crippen LogP contribution in [0.3, 0.4) is 0 Å². The third kappa shape index (κ3) is 4.11. The van der Waals surface area contributed by atoms with Gasteiger partial charge in [0.15, 0.2) is 0 Å². The summed E-state index contributed by atoms with van der Waals surface area (Å²) in [4.78, 5) is 27.5. The summed E-state index contributed by atoms with van der Waals surface area (Å²) in [7, 11) is 0. The van der Waals surface area contributed by atoms with E-state index in [0.717, 1.165) is 17.5 Å². The van der Waals surface area contributed by atoms with Crippen LogP contribution in [0.4, 0.5) is 0 Å². The van der Waals surface area contributed by atoms with Crippen LogP contribution in [0.5, 0.6) is 5.75 Å². The topological polar surface area (TPSA) is 83.9 Å². The van der Waals surface area contributed by atoms with Gasteiger partial charge in [-0.3, -0.25) is 4.90 Å². The van der Waals surface area contributed by atoms with Gasteiger partial charge in [0.05, 0.1) is 11.1 Å². The molecule has 0 bridgehead atoms. The van der Waals surface area contributed by atoms with Crippen LogP contribution in [0.1, 0.15) is 18.1 Å². The van der Waals surface area contributed by atoms with Crippen LogP contribution in [0.25, 0.3) is 33.1 Å². The van der Waals surface area contributed by atoms with E-state index in [4.69, 9.17) is 8.83 Å². The zero-order chi connectivity index (χ0) is 23.7. The van der Waals surface area contributed by atoms with E-state index in [1.165, 1.54) is 6.07 Å². The molecule has 6 nitrogen and oxygen atoms in total. The summed E-state index contributed by atoms with van der Waals surface area (Å²) in [5.41, 5.74) is 1.91. The first-order valence-corrected chi connectivity index (χ1v) is 11.1. The second kappa shape index (κ2) is 9.00. The molecule has 2 aromatic heterocycles. The molecule has 5 rings (SSSR count). The van der Waals surface area contributed by atoms with Crippen molar-refractivity contribution in [3.63, 3.8) is 0 Å². The Balaban J connectivity index is 1.65. The molecule has 0 spiro atoms. The first kappa shape index (κ1) is 21.7. The Morgan fingerprint density at radius 1 is 0.824 bits per heavy atom. The van der Waals surface area contributed by atoms with Gasteiger partial charge in [0.2, 0.25) is 0 Å². The highest BCUT2D eigenvalue weighted by Gasteiger charge is 2.19. The van der Waals surface area contributed by atoms with Crippen LogP contribution in [0, 0.1) is 0 Å². The van der Waals surface area contributed by atoms with Crippen molar-refractivity contribution in [2.75, 3.05) is 6.54 Å². The summed E-state index contributed by atoms with van der Waals surface area (Å²) in [6.45, 7) is 3.80.